The highest BCUT2D eigenvalue weighted by Gasteiger charge is 2.36. The first-order valence-electron chi connectivity index (χ1n) is 9.47. The van der Waals surface area contributed by atoms with Gasteiger partial charge in [0, 0.05) is 35.8 Å². The molecule has 2 aromatic rings. The van der Waals surface area contributed by atoms with Crippen LogP contribution < -0.4 is 0 Å². The average molecular weight is 406 g/mol. The molecule has 3 nitrogen and oxygen atoms in total. The molecule has 2 aliphatic rings. The third kappa shape index (κ3) is 3.73. The predicted octanol–water partition coefficient (Wildman–Crippen LogP) is 4.15. The summed E-state index contributed by atoms with van der Waals surface area (Å²) in [6.07, 6.45) is 2.07. The maximum Gasteiger partial charge on any atom is 0.129 e. The summed E-state index contributed by atoms with van der Waals surface area (Å²) in [5, 5.41) is 0. The largest absolute Gasteiger partial charge is 0.372 e. The highest BCUT2D eigenvalue weighted by molar-refractivity contribution is 7.99. The lowest BCUT2D eigenvalue weighted by Gasteiger charge is -2.39. The predicted molar refractivity (Wildman–Crippen MR) is 108 cm³/mol. The fraction of sp³-hybridized carbons (Fsp3) is 0.409. The maximum atomic E-state index is 14.2. The minimum atomic E-state index is -2.23. The Morgan fingerprint density at radius 3 is 2.61 bits per heavy atom. The minimum absolute atomic E-state index is 0.0727. The molecule has 6 heteroatoms. The van der Waals surface area contributed by atoms with Crippen LogP contribution in [0.4, 0.5) is 8.78 Å². The number of fused-ring (bicyclic) bond motifs is 1. The normalized spacial score (nSPS) is 27.4. The number of hydrogen-bond donors (Lipinski definition) is 0. The highest BCUT2D eigenvalue weighted by Crippen LogP contribution is 2.38. The van der Waals surface area contributed by atoms with Gasteiger partial charge in [-0.15, -0.1) is 0 Å². The molecule has 0 aliphatic carbocycles. The van der Waals surface area contributed by atoms with Crippen molar-refractivity contribution < 1.29 is 17.7 Å². The van der Waals surface area contributed by atoms with Crippen LogP contribution in [-0.4, -0.2) is 33.9 Å². The van der Waals surface area contributed by atoms with Gasteiger partial charge in [-0.3, -0.25) is 9.11 Å². The van der Waals surface area contributed by atoms with Crippen LogP contribution in [0.25, 0.3) is 0 Å². The SMILES string of the molecule is C=S(C)(=O)c1ccc2c(c1)CN([C@H]1CO[C@H](c3cc(F)ccc3F)[C@@H](C)C1)C2. The smallest absolute Gasteiger partial charge is 0.129 e. The third-order valence-corrected chi connectivity index (χ3v) is 7.08. The average Bonchev–Trinajstić information content (AvgIpc) is 3.06. The zero-order valence-electron chi connectivity index (χ0n) is 16.2. The van der Waals surface area contributed by atoms with E-state index >= 15 is 0 Å². The summed E-state index contributed by atoms with van der Waals surface area (Å²) in [6, 6.07) is 9.69. The van der Waals surface area contributed by atoms with E-state index in [4.69, 9.17) is 4.74 Å². The molecular weight excluding hydrogens is 380 g/mol. The number of hydrogen-bond acceptors (Lipinski definition) is 3. The quantitative estimate of drug-likeness (QED) is 0.719. The highest BCUT2D eigenvalue weighted by atomic mass is 32.2. The molecule has 4 atom stereocenters. The van der Waals surface area contributed by atoms with Crippen LogP contribution in [0.2, 0.25) is 0 Å². The molecule has 2 aromatic carbocycles. The van der Waals surface area contributed by atoms with Crippen LogP contribution in [-0.2, 0) is 27.3 Å². The molecule has 28 heavy (non-hydrogen) atoms. The fourth-order valence-corrected chi connectivity index (χ4v) is 5.05. The van der Waals surface area contributed by atoms with Crippen molar-refractivity contribution in [2.45, 2.75) is 43.5 Å². The van der Waals surface area contributed by atoms with Gasteiger partial charge in [-0.25, -0.2) is 8.78 Å². The molecule has 150 valence electrons. The summed E-state index contributed by atoms with van der Waals surface area (Å²) in [5.74, 6) is 2.98. The molecule has 2 aliphatic heterocycles. The molecule has 0 amide bonds. The van der Waals surface area contributed by atoms with Gasteiger partial charge in [-0.05, 0) is 69.2 Å². The van der Waals surface area contributed by atoms with Gasteiger partial charge in [0.1, 0.15) is 11.6 Å². The Balaban J connectivity index is 1.47. The van der Waals surface area contributed by atoms with Crippen molar-refractivity contribution in [3.8, 4) is 0 Å². The van der Waals surface area contributed by atoms with E-state index in [9.17, 15) is 13.0 Å². The monoisotopic (exact) mass is 405 g/mol. The second-order valence-corrected chi connectivity index (χ2v) is 10.6. The summed E-state index contributed by atoms with van der Waals surface area (Å²) in [7, 11) is -2.23. The Morgan fingerprint density at radius 2 is 1.89 bits per heavy atom. The molecule has 0 saturated carbocycles. The van der Waals surface area contributed by atoms with Gasteiger partial charge in [-0.2, -0.15) is 0 Å². The van der Waals surface area contributed by atoms with Gasteiger partial charge in [-0.1, -0.05) is 13.0 Å². The van der Waals surface area contributed by atoms with Crippen molar-refractivity contribution in [2.24, 2.45) is 5.92 Å². The lowest BCUT2D eigenvalue weighted by atomic mass is 9.88. The van der Waals surface area contributed by atoms with E-state index in [1.807, 2.05) is 25.1 Å². The second-order valence-electron chi connectivity index (χ2n) is 8.13. The van der Waals surface area contributed by atoms with E-state index < -0.39 is 27.3 Å². The Kier molecular flexibility index (Phi) is 5.06. The standard InChI is InChI=1S/C22H25F2NO2S/c1-14-8-18(13-27-22(14)20-10-17(23)5-7-21(20)24)25-11-15-4-6-19(28(2,3)26)9-16(15)12-25/h4-7,9-10,14,18,22H,2,8,11-13H2,1,3H3/t14-,18+,22-,28?/m0/s1. The van der Waals surface area contributed by atoms with Gasteiger partial charge in [0.2, 0.25) is 0 Å². The van der Waals surface area contributed by atoms with E-state index in [0.29, 0.717) is 12.2 Å². The van der Waals surface area contributed by atoms with Crippen molar-refractivity contribution in [1.82, 2.24) is 4.90 Å². The van der Waals surface area contributed by atoms with Crippen molar-refractivity contribution >= 4 is 15.4 Å². The van der Waals surface area contributed by atoms with Crippen LogP contribution in [0.3, 0.4) is 0 Å². The Hall–Kier alpha value is -1.76. The van der Waals surface area contributed by atoms with E-state index in [-0.39, 0.29) is 12.0 Å². The Labute approximate surface area is 165 Å². The number of halogens is 2. The van der Waals surface area contributed by atoms with Gasteiger partial charge >= 0.3 is 0 Å². The molecule has 0 aromatic heterocycles. The van der Waals surface area contributed by atoms with Crippen LogP contribution in [0, 0.1) is 17.6 Å². The molecule has 4 rings (SSSR count). The number of benzene rings is 2. The number of ether oxygens (including phenoxy) is 1. The summed E-state index contributed by atoms with van der Waals surface area (Å²) in [4.78, 5) is 3.13. The first-order chi connectivity index (χ1) is 13.2. The van der Waals surface area contributed by atoms with E-state index in [0.717, 1.165) is 36.5 Å². The topological polar surface area (TPSA) is 29.5 Å². The van der Waals surface area contributed by atoms with E-state index in [1.54, 1.807) is 6.26 Å². The first-order valence-corrected chi connectivity index (χ1v) is 11.6. The summed E-state index contributed by atoms with van der Waals surface area (Å²) >= 11 is 0. The van der Waals surface area contributed by atoms with Crippen molar-refractivity contribution in [3.05, 3.63) is 64.7 Å². The zero-order chi connectivity index (χ0) is 20.1. The molecule has 0 bridgehead atoms. The molecule has 1 fully saturated rings. The minimum Gasteiger partial charge on any atom is -0.372 e. The van der Waals surface area contributed by atoms with Crippen LogP contribution in [0.5, 0.6) is 0 Å². The van der Waals surface area contributed by atoms with Crippen molar-refractivity contribution in [3.63, 3.8) is 0 Å². The Bertz CT molecular complexity index is 1010. The van der Waals surface area contributed by atoms with E-state index in [2.05, 4.69) is 10.8 Å². The molecule has 0 spiro atoms. The molecule has 1 unspecified atom stereocenters. The van der Waals surface area contributed by atoms with Crippen LogP contribution >= 0.6 is 0 Å². The van der Waals surface area contributed by atoms with Gasteiger partial charge in [0.25, 0.3) is 0 Å². The van der Waals surface area contributed by atoms with Crippen LogP contribution in [0.1, 0.15) is 36.1 Å². The lowest BCUT2D eigenvalue weighted by molar-refractivity contribution is -0.0721. The number of nitrogens with zero attached hydrogens (tertiary/aromatic N) is 1. The summed E-state index contributed by atoms with van der Waals surface area (Å²) in [5.41, 5.74) is 2.72. The Morgan fingerprint density at radius 1 is 1.14 bits per heavy atom. The lowest BCUT2D eigenvalue weighted by Crippen LogP contribution is -2.41. The third-order valence-electron chi connectivity index (χ3n) is 5.83. The molecule has 0 N–H and O–H groups in total. The fourth-order valence-electron chi connectivity index (χ4n) is 4.31. The number of rotatable bonds is 3. The van der Waals surface area contributed by atoms with Gasteiger partial charge in [0.15, 0.2) is 0 Å². The zero-order valence-corrected chi connectivity index (χ0v) is 17.0. The molecule has 1 saturated heterocycles. The molecule has 0 radical (unpaired) electrons. The van der Waals surface area contributed by atoms with Gasteiger partial charge < -0.3 is 4.74 Å². The van der Waals surface area contributed by atoms with Crippen LogP contribution in [0.15, 0.2) is 41.3 Å². The molecule has 2 heterocycles. The van der Waals surface area contributed by atoms with Crippen molar-refractivity contribution in [1.29, 1.82) is 0 Å². The molecular formula is C22H25F2NO2S. The van der Waals surface area contributed by atoms with E-state index in [1.165, 1.54) is 17.2 Å². The van der Waals surface area contributed by atoms with Crippen molar-refractivity contribution in [2.75, 3.05) is 12.9 Å². The summed E-state index contributed by atoms with van der Waals surface area (Å²) in [6.45, 7) is 4.10. The first kappa shape index (κ1) is 19.6. The summed E-state index contributed by atoms with van der Waals surface area (Å²) < 4.78 is 46.0. The maximum absolute atomic E-state index is 14.2. The van der Waals surface area contributed by atoms with Gasteiger partial charge in [0.05, 0.1) is 12.7 Å². The second kappa shape index (κ2) is 7.25.